The monoisotopic (exact) mass is 483 g/mol. The van der Waals surface area contributed by atoms with Gasteiger partial charge in [-0.2, -0.15) is 0 Å². The van der Waals surface area contributed by atoms with Gasteiger partial charge in [0.2, 0.25) is 11.8 Å². The van der Waals surface area contributed by atoms with Crippen molar-refractivity contribution >= 4 is 11.8 Å². The first-order valence-corrected chi connectivity index (χ1v) is 13.4. The normalized spacial score (nSPS) is 14.3. The zero-order valence-corrected chi connectivity index (χ0v) is 21.7. The molecule has 3 rings (SSSR count). The molecule has 1 aliphatic rings. The SMILES string of the molecule is CCCCCC(=O)N(CC(=O)N(Cc1cccn1Cc1ccc(F)cc1)C1CCCCC1)C(C)C. The van der Waals surface area contributed by atoms with Gasteiger partial charge < -0.3 is 14.4 Å². The molecule has 6 heteroatoms. The molecule has 1 saturated carbocycles. The third-order valence-corrected chi connectivity index (χ3v) is 7.10. The van der Waals surface area contributed by atoms with Crippen LogP contribution in [0.1, 0.15) is 89.8 Å². The molecule has 5 nitrogen and oxygen atoms in total. The Kier molecular flexibility index (Phi) is 10.4. The summed E-state index contributed by atoms with van der Waals surface area (Å²) in [6, 6.07) is 10.8. The average Bonchev–Trinajstić information content (AvgIpc) is 3.29. The minimum absolute atomic E-state index is 0.0105. The quantitative estimate of drug-likeness (QED) is 0.340. The Hall–Kier alpha value is -2.63. The minimum atomic E-state index is -0.241. The fourth-order valence-corrected chi connectivity index (χ4v) is 4.99. The predicted molar refractivity (Wildman–Crippen MR) is 138 cm³/mol. The van der Waals surface area contributed by atoms with Gasteiger partial charge in [0.1, 0.15) is 5.82 Å². The van der Waals surface area contributed by atoms with Gasteiger partial charge in [0.25, 0.3) is 0 Å². The number of amides is 2. The number of halogens is 1. The largest absolute Gasteiger partial charge is 0.345 e. The topological polar surface area (TPSA) is 45.6 Å². The Morgan fingerprint density at radius 3 is 2.40 bits per heavy atom. The lowest BCUT2D eigenvalue weighted by molar-refractivity contribution is -0.144. The fraction of sp³-hybridized carbons (Fsp3) is 0.586. The van der Waals surface area contributed by atoms with Crippen molar-refractivity contribution < 1.29 is 14.0 Å². The molecule has 1 aromatic carbocycles. The summed E-state index contributed by atoms with van der Waals surface area (Å²) in [6.07, 6.45) is 11.0. The molecule has 0 N–H and O–H groups in total. The Labute approximate surface area is 210 Å². The Balaban J connectivity index is 1.75. The predicted octanol–water partition coefficient (Wildman–Crippen LogP) is 6.15. The lowest BCUT2D eigenvalue weighted by atomic mass is 9.94. The van der Waals surface area contributed by atoms with E-state index in [0.29, 0.717) is 19.5 Å². The first-order valence-electron chi connectivity index (χ1n) is 13.4. The third-order valence-electron chi connectivity index (χ3n) is 7.10. The number of carbonyl (C=O) groups excluding carboxylic acids is 2. The van der Waals surface area contributed by atoms with Gasteiger partial charge in [0, 0.05) is 36.9 Å². The highest BCUT2D eigenvalue weighted by Crippen LogP contribution is 2.25. The maximum atomic E-state index is 13.7. The second-order valence-electron chi connectivity index (χ2n) is 10.1. The van der Waals surface area contributed by atoms with Gasteiger partial charge in [-0.05, 0) is 62.9 Å². The molecule has 1 aromatic heterocycles. The number of hydrogen-bond donors (Lipinski definition) is 0. The molecule has 2 aromatic rings. The summed E-state index contributed by atoms with van der Waals surface area (Å²) >= 11 is 0. The van der Waals surface area contributed by atoms with E-state index < -0.39 is 0 Å². The standard InChI is InChI=1S/C29H42FN3O2/c1-4-5-7-14-28(34)32(23(2)3)22-29(35)33(26-11-8-6-9-12-26)21-27-13-10-19-31(27)20-24-15-17-25(30)18-16-24/h10,13,15-19,23,26H,4-9,11-12,14,20-22H2,1-3H3. The molecule has 2 amide bonds. The molecule has 35 heavy (non-hydrogen) atoms. The molecule has 0 spiro atoms. The van der Waals surface area contributed by atoms with Crippen LogP contribution in [-0.4, -0.2) is 44.8 Å². The number of carbonyl (C=O) groups is 2. The van der Waals surface area contributed by atoms with Crippen molar-refractivity contribution in [2.45, 2.75) is 104 Å². The van der Waals surface area contributed by atoms with Crippen LogP contribution >= 0.6 is 0 Å². The second-order valence-corrected chi connectivity index (χ2v) is 10.1. The molecule has 1 fully saturated rings. The van der Waals surface area contributed by atoms with Crippen molar-refractivity contribution in [2.75, 3.05) is 6.54 Å². The van der Waals surface area contributed by atoms with E-state index in [1.807, 2.05) is 31.0 Å². The molecular formula is C29H42FN3O2. The summed E-state index contributed by atoms with van der Waals surface area (Å²) in [4.78, 5) is 30.4. The number of benzene rings is 1. The van der Waals surface area contributed by atoms with E-state index in [1.165, 1.54) is 18.6 Å². The third kappa shape index (κ3) is 7.94. The number of unbranched alkanes of at least 4 members (excludes halogenated alkanes) is 2. The molecule has 0 atom stereocenters. The van der Waals surface area contributed by atoms with Crippen LogP contribution in [0.25, 0.3) is 0 Å². The fourth-order valence-electron chi connectivity index (χ4n) is 4.99. The summed E-state index contributed by atoms with van der Waals surface area (Å²) in [5, 5.41) is 0. The number of hydrogen-bond acceptors (Lipinski definition) is 2. The van der Waals surface area contributed by atoms with Crippen LogP contribution in [0.5, 0.6) is 0 Å². The average molecular weight is 484 g/mol. The first kappa shape index (κ1) is 27.0. The summed E-state index contributed by atoms with van der Waals surface area (Å²) in [5.41, 5.74) is 2.07. The minimum Gasteiger partial charge on any atom is -0.345 e. The van der Waals surface area contributed by atoms with Crippen LogP contribution in [0.2, 0.25) is 0 Å². The Morgan fingerprint density at radius 2 is 1.74 bits per heavy atom. The van der Waals surface area contributed by atoms with E-state index in [1.54, 1.807) is 17.0 Å². The van der Waals surface area contributed by atoms with Gasteiger partial charge in [0.15, 0.2) is 0 Å². The van der Waals surface area contributed by atoms with Crippen LogP contribution in [0, 0.1) is 5.82 Å². The number of rotatable bonds is 12. The van der Waals surface area contributed by atoms with Crippen LogP contribution in [0.3, 0.4) is 0 Å². The van der Waals surface area contributed by atoms with E-state index in [0.717, 1.165) is 56.2 Å². The molecule has 0 aliphatic heterocycles. The lowest BCUT2D eigenvalue weighted by Crippen LogP contribution is -2.49. The molecule has 0 saturated heterocycles. The maximum Gasteiger partial charge on any atom is 0.242 e. The van der Waals surface area contributed by atoms with Crippen molar-refractivity contribution in [1.82, 2.24) is 14.4 Å². The Bertz CT molecular complexity index is 932. The van der Waals surface area contributed by atoms with Gasteiger partial charge in [-0.1, -0.05) is 51.2 Å². The van der Waals surface area contributed by atoms with Gasteiger partial charge in [-0.3, -0.25) is 9.59 Å². The lowest BCUT2D eigenvalue weighted by Gasteiger charge is -2.37. The van der Waals surface area contributed by atoms with Gasteiger partial charge in [0.05, 0.1) is 13.1 Å². The molecule has 0 radical (unpaired) electrons. The van der Waals surface area contributed by atoms with Crippen LogP contribution in [-0.2, 0) is 22.7 Å². The van der Waals surface area contributed by atoms with Gasteiger partial charge in [-0.15, -0.1) is 0 Å². The summed E-state index contributed by atoms with van der Waals surface area (Å²) in [5.74, 6) is -0.136. The van der Waals surface area contributed by atoms with Crippen LogP contribution in [0.4, 0.5) is 4.39 Å². The van der Waals surface area contributed by atoms with Gasteiger partial charge in [-0.25, -0.2) is 4.39 Å². The maximum absolute atomic E-state index is 13.7. The Morgan fingerprint density at radius 1 is 1.03 bits per heavy atom. The highest BCUT2D eigenvalue weighted by atomic mass is 19.1. The van der Waals surface area contributed by atoms with Crippen molar-refractivity contribution in [1.29, 1.82) is 0 Å². The van der Waals surface area contributed by atoms with Crippen molar-refractivity contribution in [3.63, 3.8) is 0 Å². The van der Waals surface area contributed by atoms with E-state index in [-0.39, 0.29) is 36.3 Å². The smallest absolute Gasteiger partial charge is 0.242 e. The van der Waals surface area contributed by atoms with Crippen molar-refractivity contribution in [2.24, 2.45) is 0 Å². The summed E-state index contributed by atoms with van der Waals surface area (Å²) in [7, 11) is 0. The zero-order chi connectivity index (χ0) is 25.2. The van der Waals surface area contributed by atoms with E-state index in [4.69, 9.17) is 0 Å². The zero-order valence-electron chi connectivity index (χ0n) is 21.7. The molecule has 0 unspecified atom stereocenters. The van der Waals surface area contributed by atoms with Crippen LogP contribution in [0.15, 0.2) is 42.6 Å². The van der Waals surface area contributed by atoms with E-state index in [2.05, 4.69) is 17.6 Å². The number of nitrogens with zero attached hydrogens (tertiary/aromatic N) is 3. The summed E-state index contributed by atoms with van der Waals surface area (Å²) in [6.45, 7) is 7.39. The highest BCUT2D eigenvalue weighted by molar-refractivity contribution is 5.85. The highest BCUT2D eigenvalue weighted by Gasteiger charge is 2.29. The first-order chi connectivity index (χ1) is 16.9. The van der Waals surface area contributed by atoms with Crippen LogP contribution < -0.4 is 0 Å². The van der Waals surface area contributed by atoms with E-state index >= 15 is 0 Å². The molecule has 1 aliphatic carbocycles. The van der Waals surface area contributed by atoms with Crippen molar-refractivity contribution in [3.8, 4) is 0 Å². The molecule has 1 heterocycles. The molecule has 192 valence electrons. The van der Waals surface area contributed by atoms with E-state index in [9.17, 15) is 14.0 Å². The second kappa shape index (κ2) is 13.5. The summed E-state index contributed by atoms with van der Waals surface area (Å²) < 4.78 is 15.5. The molecule has 0 bridgehead atoms. The number of aromatic nitrogens is 1. The van der Waals surface area contributed by atoms with Crippen molar-refractivity contribution in [3.05, 3.63) is 59.7 Å². The molecular weight excluding hydrogens is 441 g/mol. The van der Waals surface area contributed by atoms with Gasteiger partial charge >= 0.3 is 0 Å².